The van der Waals surface area contributed by atoms with Crippen LogP contribution in [0.25, 0.3) is 0 Å². The fourth-order valence-corrected chi connectivity index (χ4v) is 5.95. The van der Waals surface area contributed by atoms with Crippen LogP contribution in [0, 0.1) is 0 Å². The molecule has 0 aromatic carbocycles. The highest BCUT2D eigenvalue weighted by atomic mass is 31.2. The van der Waals surface area contributed by atoms with Gasteiger partial charge < -0.3 is 27.9 Å². The van der Waals surface area contributed by atoms with E-state index in [1.165, 1.54) is 70.6 Å². The Kier molecular flexibility index (Phi) is 34.8. The lowest BCUT2D eigenvalue weighted by molar-refractivity contribution is -0.870. The van der Waals surface area contributed by atoms with Crippen LogP contribution in [-0.2, 0) is 32.7 Å². The molecule has 0 heterocycles. The van der Waals surface area contributed by atoms with Crippen molar-refractivity contribution in [3.63, 3.8) is 0 Å². The molecule has 0 aliphatic heterocycles. The number of phosphoric ester groups is 1. The van der Waals surface area contributed by atoms with Crippen LogP contribution in [0.4, 0.5) is 0 Å². The molecule has 0 N–H and O–H groups in total. The summed E-state index contributed by atoms with van der Waals surface area (Å²) in [7, 11) is 1.12. The molecule has 0 saturated heterocycles. The van der Waals surface area contributed by atoms with E-state index in [4.69, 9.17) is 18.5 Å². The number of rotatable bonds is 37. The molecule has 0 amide bonds. The lowest BCUT2D eigenvalue weighted by Crippen LogP contribution is -2.37. The Morgan fingerprint density at radius 1 is 0.574 bits per heavy atom. The lowest BCUT2D eigenvalue weighted by atomic mass is 10.1. The zero-order valence-electron chi connectivity index (χ0n) is 34.9. The quantitative estimate of drug-likeness (QED) is 0.0201. The normalized spacial score (nSPS) is 14.3. The number of quaternary nitrogens is 1. The van der Waals surface area contributed by atoms with E-state index in [0.29, 0.717) is 23.9 Å². The number of hydrogen-bond acceptors (Lipinski definition) is 8. The van der Waals surface area contributed by atoms with Crippen LogP contribution < -0.4 is 4.89 Å². The Labute approximate surface area is 330 Å². The lowest BCUT2D eigenvalue weighted by Gasteiger charge is -2.28. The molecule has 9 nitrogen and oxygen atoms in total. The Morgan fingerprint density at radius 2 is 1.04 bits per heavy atom. The summed E-state index contributed by atoms with van der Waals surface area (Å²) >= 11 is 0. The van der Waals surface area contributed by atoms with Gasteiger partial charge in [-0.2, -0.15) is 0 Å². The number of phosphoric acid groups is 1. The average molecular weight is 780 g/mol. The fraction of sp³-hybridized carbons (Fsp3) is 0.727. The van der Waals surface area contributed by atoms with Crippen molar-refractivity contribution >= 4 is 19.8 Å². The number of allylic oxidation sites excluding steroid dienone is 10. The summed E-state index contributed by atoms with van der Waals surface area (Å²) in [6, 6.07) is 0. The summed E-state index contributed by atoms with van der Waals surface area (Å²) in [6.07, 6.45) is 42.6. The Hall–Kier alpha value is -2.29. The summed E-state index contributed by atoms with van der Waals surface area (Å²) in [5.74, 6) is -0.935. The van der Waals surface area contributed by atoms with Crippen molar-refractivity contribution in [3.8, 4) is 0 Å². The third kappa shape index (κ3) is 39.4. The predicted molar refractivity (Wildman–Crippen MR) is 222 cm³/mol. The maximum absolute atomic E-state index is 12.6. The van der Waals surface area contributed by atoms with Crippen LogP contribution in [0.2, 0.25) is 0 Å². The number of carbonyl (C=O) groups excluding carboxylic acids is 2. The third-order valence-electron chi connectivity index (χ3n) is 8.55. The number of ether oxygens (including phenoxy) is 2. The molecule has 54 heavy (non-hydrogen) atoms. The van der Waals surface area contributed by atoms with Crippen molar-refractivity contribution < 1.29 is 42.1 Å². The Bertz CT molecular complexity index is 1110. The van der Waals surface area contributed by atoms with E-state index in [0.717, 1.165) is 44.9 Å². The number of hydrogen-bond donors (Lipinski definition) is 0. The van der Waals surface area contributed by atoms with Gasteiger partial charge in [-0.3, -0.25) is 14.2 Å². The first-order chi connectivity index (χ1) is 26.0. The molecular formula is C44H78NO8P. The molecule has 0 radical (unpaired) electrons. The first-order valence-corrected chi connectivity index (χ1v) is 22.5. The van der Waals surface area contributed by atoms with Gasteiger partial charge in [0, 0.05) is 12.8 Å². The smallest absolute Gasteiger partial charge is 0.306 e. The SMILES string of the molecule is CCCCC/C=C/C/C=C/C/C=C/C/C=C/C/C=C/CCC(=O)OC[C@@H](COP(=O)([O-])OCC[N+](C)(C)C)OC(=O)CCCCCCCCCCCCC. The molecule has 0 bridgehead atoms. The number of likely N-dealkylation sites (N-methyl/N-ethyl adjacent to an activating group) is 1. The van der Waals surface area contributed by atoms with Crippen LogP contribution in [0.15, 0.2) is 60.8 Å². The topological polar surface area (TPSA) is 111 Å². The molecule has 0 spiro atoms. The van der Waals surface area contributed by atoms with Crippen molar-refractivity contribution in [2.24, 2.45) is 0 Å². The van der Waals surface area contributed by atoms with Gasteiger partial charge >= 0.3 is 11.9 Å². The minimum absolute atomic E-state index is 0.0431. The maximum atomic E-state index is 12.6. The van der Waals surface area contributed by atoms with Crippen molar-refractivity contribution in [2.75, 3.05) is 47.5 Å². The molecule has 0 aromatic heterocycles. The molecular weight excluding hydrogens is 701 g/mol. The molecule has 0 aromatic rings. The van der Waals surface area contributed by atoms with Gasteiger partial charge in [0.1, 0.15) is 19.8 Å². The second-order valence-electron chi connectivity index (χ2n) is 15.0. The Balaban J connectivity index is 4.49. The first-order valence-electron chi connectivity index (χ1n) is 21.0. The van der Waals surface area contributed by atoms with Gasteiger partial charge in [-0.1, -0.05) is 152 Å². The number of carbonyl (C=O) groups is 2. The van der Waals surface area contributed by atoms with Crippen molar-refractivity contribution in [3.05, 3.63) is 60.8 Å². The summed E-state index contributed by atoms with van der Waals surface area (Å²) in [6.45, 7) is 4.08. The molecule has 0 aliphatic rings. The van der Waals surface area contributed by atoms with Gasteiger partial charge in [0.25, 0.3) is 7.82 Å². The van der Waals surface area contributed by atoms with Gasteiger partial charge in [0.2, 0.25) is 0 Å². The van der Waals surface area contributed by atoms with Gasteiger partial charge in [-0.05, 0) is 51.4 Å². The largest absolute Gasteiger partial charge is 0.756 e. The molecule has 1 unspecified atom stereocenters. The zero-order chi connectivity index (χ0) is 40.0. The number of unbranched alkanes of at least 4 members (excludes halogenated alkanes) is 13. The number of esters is 2. The number of nitrogens with zero attached hydrogens (tertiary/aromatic N) is 1. The first kappa shape index (κ1) is 51.7. The molecule has 0 rings (SSSR count). The summed E-state index contributed by atoms with van der Waals surface area (Å²) in [5, 5.41) is 0. The molecule has 0 aliphatic carbocycles. The average Bonchev–Trinajstić information content (AvgIpc) is 3.12. The maximum Gasteiger partial charge on any atom is 0.306 e. The zero-order valence-corrected chi connectivity index (χ0v) is 35.8. The molecule has 0 fully saturated rings. The summed E-state index contributed by atoms with van der Waals surface area (Å²) in [5.41, 5.74) is 0. The van der Waals surface area contributed by atoms with Gasteiger partial charge in [0.05, 0.1) is 27.7 Å². The van der Waals surface area contributed by atoms with E-state index in [-0.39, 0.29) is 26.1 Å². The minimum atomic E-state index is -4.64. The van der Waals surface area contributed by atoms with Crippen molar-refractivity contribution in [1.82, 2.24) is 0 Å². The highest BCUT2D eigenvalue weighted by Crippen LogP contribution is 2.38. The van der Waals surface area contributed by atoms with E-state index in [2.05, 4.69) is 62.5 Å². The molecule has 2 atom stereocenters. The second kappa shape index (κ2) is 36.4. The molecule has 312 valence electrons. The van der Waals surface area contributed by atoms with Gasteiger partial charge in [-0.15, -0.1) is 0 Å². The van der Waals surface area contributed by atoms with Crippen molar-refractivity contribution in [1.29, 1.82) is 0 Å². The van der Waals surface area contributed by atoms with Crippen molar-refractivity contribution in [2.45, 2.75) is 161 Å². The van der Waals surface area contributed by atoms with E-state index in [9.17, 15) is 19.0 Å². The Morgan fingerprint density at radius 3 is 1.56 bits per heavy atom. The highest BCUT2D eigenvalue weighted by molar-refractivity contribution is 7.45. The minimum Gasteiger partial charge on any atom is -0.756 e. The van der Waals surface area contributed by atoms with Crippen LogP contribution in [0.1, 0.15) is 155 Å². The van der Waals surface area contributed by atoms with E-state index in [1.807, 2.05) is 33.3 Å². The van der Waals surface area contributed by atoms with Gasteiger partial charge in [-0.25, -0.2) is 0 Å². The van der Waals surface area contributed by atoms with Crippen LogP contribution >= 0.6 is 7.82 Å². The van der Waals surface area contributed by atoms with E-state index in [1.54, 1.807) is 0 Å². The standard InChI is InChI=1S/C44H78NO8P/c1-6-8-10-12-14-16-18-19-20-21-22-23-24-25-27-28-30-32-34-36-43(46)50-40-42(41-52-54(48,49)51-39-38-45(3,4)5)53-44(47)37-35-33-31-29-26-17-15-13-11-9-7-2/h14,16,19-20,22-23,25,27,30,32,42H,6-13,15,17-18,21,24,26,28-29,31,33-41H2,1-5H3/b16-14+,20-19+,23-22+,27-25+,32-30+/t42-/m0/s1. The van der Waals surface area contributed by atoms with E-state index < -0.39 is 32.5 Å². The predicted octanol–water partition coefficient (Wildman–Crippen LogP) is 11.1. The third-order valence-corrected chi connectivity index (χ3v) is 9.52. The highest BCUT2D eigenvalue weighted by Gasteiger charge is 2.21. The van der Waals surface area contributed by atoms with Crippen LogP contribution in [-0.4, -0.2) is 70.0 Å². The summed E-state index contributed by atoms with van der Waals surface area (Å²) < 4.78 is 33.7. The van der Waals surface area contributed by atoms with Crippen LogP contribution in [0.3, 0.4) is 0 Å². The van der Waals surface area contributed by atoms with Gasteiger partial charge in [0.15, 0.2) is 6.10 Å². The van der Waals surface area contributed by atoms with E-state index >= 15 is 0 Å². The molecule has 10 heteroatoms. The summed E-state index contributed by atoms with van der Waals surface area (Å²) in [4.78, 5) is 37.4. The molecule has 0 saturated carbocycles. The monoisotopic (exact) mass is 780 g/mol. The second-order valence-corrected chi connectivity index (χ2v) is 16.4. The van der Waals surface area contributed by atoms with Crippen LogP contribution in [0.5, 0.6) is 0 Å². The fourth-order valence-electron chi connectivity index (χ4n) is 5.22.